The molecular weight excluding hydrogens is 425 g/mol. The molecule has 0 atom stereocenters. The quantitative estimate of drug-likeness (QED) is 0.357. The molecule has 2 aromatic carbocycles. The fourth-order valence-corrected chi connectivity index (χ4v) is 4.18. The van der Waals surface area contributed by atoms with E-state index < -0.39 is 22.4 Å². The number of alkyl halides is 3. The lowest BCUT2D eigenvalue weighted by Crippen LogP contribution is -2.48. The van der Waals surface area contributed by atoms with Gasteiger partial charge in [-0.1, -0.05) is 18.2 Å². The number of benzene rings is 2. The first-order chi connectivity index (χ1) is 15.1. The molecule has 1 saturated heterocycles. The van der Waals surface area contributed by atoms with Crippen molar-refractivity contribution in [3.05, 3.63) is 69.4 Å². The molecule has 1 aliphatic rings. The Morgan fingerprint density at radius 1 is 1.12 bits per heavy atom. The number of nitrogens with zero attached hydrogens (tertiary/aromatic N) is 3. The Labute approximate surface area is 181 Å². The first kappa shape index (κ1) is 21.8. The number of rotatable bonds is 5. The van der Waals surface area contributed by atoms with E-state index >= 15 is 0 Å². The largest absolute Gasteiger partial charge is 0.416 e. The number of hydrogen-bond donors (Lipinski definition) is 1. The molecule has 1 aromatic heterocycles. The molecule has 0 aliphatic carbocycles. The number of piperazine rings is 1. The van der Waals surface area contributed by atoms with E-state index in [1.807, 2.05) is 36.1 Å². The molecule has 0 saturated carbocycles. The normalized spacial score (nSPS) is 15.3. The Hall–Kier alpha value is -3.40. The molecule has 1 aliphatic heterocycles. The summed E-state index contributed by atoms with van der Waals surface area (Å²) in [5.74, 6) is -0.0195. The number of aryl methyl sites for hydroxylation is 1. The number of nitro benzene ring substituents is 1. The van der Waals surface area contributed by atoms with Gasteiger partial charge in [-0.3, -0.25) is 19.8 Å². The molecule has 0 bridgehead atoms. The minimum absolute atomic E-state index is 0.0195. The van der Waals surface area contributed by atoms with Crippen LogP contribution in [0.5, 0.6) is 0 Å². The zero-order valence-electron chi connectivity index (χ0n) is 17.3. The van der Waals surface area contributed by atoms with Crippen LogP contribution in [-0.2, 0) is 6.18 Å². The molecule has 4 rings (SSSR count). The van der Waals surface area contributed by atoms with Gasteiger partial charge in [0.05, 0.1) is 17.0 Å². The first-order valence-corrected chi connectivity index (χ1v) is 10.1. The average molecular weight is 446 g/mol. The summed E-state index contributed by atoms with van der Waals surface area (Å²) in [5, 5.41) is 12.2. The second kappa shape index (κ2) is 8.27. The number of fused-ring (bicyclic) bond motifs is 1. The Morgan fingerprint density at radius 3 is 2.47 bits per heavy atom. The summed E-state index contributed by atoms with van der Waals surface area (Å²) in [7, 11) is 0. The zero-order valence-corrected chi connectivity index (χ0v) is 17.3. The van der Waals surface area contributed by atoms with Crippen LogP contribution in [0.4, 0.5) is 24.5 Å². The summed E-state index contributed by atoms with van der Waals surface area (Å²) in [6.07, 6.45) is -4.65. The van der Waals surface area contributed by atoms with Crippen LogP contribution in [0.3, 0.4) is 0 Å². The molecule has 10 heteroatoms. The van der Waals surface area contributed by atoms with Gasteiger partial charge in [0, 0.05) is 54.4 Å². The van der Waals surface area contributed by atoms with Crippen molar-refractivity contribution >= 4 is 28.1 Å². The highest BCUT2D eigenvalue weighted by Crippen LogP contribution is 2.36. The van der Waals surface area contributed by atoms with E-state index in [1.165, 1.54) is 0 Å². The average Bonchev–Trinajstić information content (AvgIpc) is 3.09. The number of halogens is 3. The van der Waals surface area contributed by atoms with Crippen molar-refractivity contribution in [3.8, 4) is 0 Å². The van der Waals surface area contributed by atoms with Crippen molar-refractivity contribution in [3.63, 3.8) is 0 Å². The van der Waals surface area contributed by atoms with Crippen LogP contribution < -0.4 is 4.90 Å². The van der Waals surface area contributed by atoms with Crippen molar-refractivity contribution in [2.45, 2.75) is 13.1 Å². The highest BCUT2D eigenvalue weighted by molar-refractivity contribution is 6.10. The van der Waals surface area contributed by atoms with E-state index in [0.717, 1.165) is 28.7 Å². The number of H-pyrrole nitrogens is 1. The maximum atomic E-state index is 13.0. The molecule has 3 aromatic rings. The number of nitro groups is 1. The zero-order chi connectivity index (χ0) is 23.0. The molecule has 0 spiro atoms. The van der Waals surface area contributed by atoms with E-state index in [-0.39, 0.29) is 18.0 Å². The third-order valence-corrected chi connectivity index (χ3v) is 5.75. The van der Waals surface area contributed by atoms with Gasteiger partial charge in [-0.25, -0.2) is 0 Å². The van der Waals surface area contributed by atoms with Gasteiger partial charge in [0.25, 0.3) is 5.69 Å². The number of carbonyl (C=O) groups excluding carboxylic acids is 1. The number of para-hydroxylation sites is 1. The van der Waals surface area contributed by atoms with Crippen LogP contribution in [-0.4, -0.2) is 53.3 Å². The third-order valence-electron chi connectivity index (χ3n) is 5.75. The van der Waals surface area contributed by atoms with E-state index in [1.54, 1.807) is 4.90 Å². The number of carbonyl (C=O) groups is 1. The minimum atomic E-state index is -4.65. The Bertz CT molecular complexity index is 1180. The van der Waals surface area contributed by atoms with Gasteiger partial charge in [-0.2, -0.15) is 13.2 Å². The van der Waals surface area contributed by atoms with Crippen molar-refractivity contribution in [1.29, 1.82) is 0 Å². The van der Waals surface area contributed by atoms with Gasteiger partial charge in [-0.05, 0) is 25.1 Å². The minimum Gasteiger partial charge on any atom is -0.363 e. The van der Waals surface area contributed by atoms with Gasteiger partial charge >= 0.3 is 6.18 Å². The van der Waals surface area contributed by atoms with Gasteiger partial charge in [0.15, 0.2) is 5.78 Å². The van der Waals surface area contributed by atoms with Gasteiger partial charge in [0.1, 0.15) is 5.69 Å². The van der Waals surface area contributed by atoms with E-state index in [4.69, 9.17) is 0 Å². The highest BCUT2D eigenvalue weighted by atomic mass is 19.4. The molecule has 32 heavy (non-hydrogen) atoms. The standard InChI is InChI=1S/C22H21F3N4O3/c1-14-21(16-4-2-3-5-17(16)26-14)20(30)13-27-8-10-28(11-9-27)18-7-6-15(22(23,24)25)12-19(18)29(31)32/h2-7,12,26H,8-11,13H2,1H3. The molecule has 0 radical (unpaired) electrons. The molecular formula is C22H21F3N4O3. The number of Topliss-reactive ketones (excluding diaryl/α,β-unsaturated/α-hetero) is 1. The maximum Gasteiger partial charge on any atom is 0.416 e. The van der Waals surface area contributed by atoms with Crippen molar-refractivity contribution in [2.75, 3.05) is 37.6 Å². The lowest BCUT2D eigenvalue weighted by atomic mass is 10.1. The lowest BCUT2D eigenvalue weighted by molar-refractivity contribution is -0.384. The summed E-state index contributed by atoms with van der Waals surface area (Å²) < 4.78 is 38.8. The summed E-state index contributed by atoms with van der Waals surface area (Å²) in [5.41, 5.74) is 0.885. The topological polar surface area (TPSA) is 82.5 Å². The summed E-state index contributed by atoms with van der Waals surface area (Å²) in [6, 6.07) is 10.2. The van der Waals surface area contributed by atoms with Crippen molar-refractivity contribution in [1.82, 2.24) is 9.88 Å². The third kappa shape index (κ3) is 4.18. The monoisotopic (exact) mass is 446 g/mol. The van der Waals surface area contributed by atoms with Crippen molar-refractivity contribution < 1.29 is 22.9 Å². The van der Waals surface area contributed by atoms with Crippen molar-refractivity contribution in [2.24, 2.45) is 0 Å². The molecule has 1 fully saturated rings. The number of hydrogen-bond acceptors (Lipinski definition) is 5. The summed E-state index contributed by atoms with van der Waals surface area (Å²) in [6.45, 7) is 3.72. The van der Waals surface area contributed by atoms with Gasteiger partial charge in [0.2, 0.25) is 0 Å². The smallest absolute Gasteiger partial charge is 0.363 e. The Kier molecular flexibility index (Phi) is 5.64. The number of anilines is 1. The number of ketones is 1. The molecule has 168 valence electrons. The number of aromatic amines is 1. The summed E-state index contributed by atoms with van der Waals surface area (Å²) >= 11 is 0. The molecule has 0 unspecified atom stereocenters. The number of aromatic nitrogens is 1. The highest BCUT2D eigenvalue weighted by Gasteiger charge is 2.34. The van der Waals surface area contributed by atoms with Crippen LogP contribution >= 0.6 is 0 Å². The van der Waals surface area contributed by atoms with E-state index in [2.05, 4.69) is 4.98 Å². The Morgan fingerprint density at radius 2 is 1.81 bits per heavy atom. The first-order valence-electron chi connectivity index (χ1n) is 10.1. The SMILES string of the molecule is Cc1[nH]c2ccccc2c1C(=O)CN1CCN(c2ccc(C(F)(F)F)cc2[N+](=O)[O-])CC1. The van der Waals surface area contributed by atoms with Gasteiger partial charge in [-0.15, -0.1) is 0 Å². The predicted molar refractivity (Wildman–Crippen MR) is 114 cm³/mol. The predicted octanol–water partition coefficient (Wildman–Crippen LogP) is 4.41. The second-order valence-corrected chi connectivity index (χ2v) is 7.82. The molecule has 1 N–H and O–H groups in total. The number of nitrogens with one attached hydrogen (secondary N) is 1. The fourth-order valence-electron chi connectivity index (χ4n) is 4.18. The lowest BCUT2D eigenvalue weighted by Gasteiger charge is -2.35. The Balaban J connectivity index is 1.46. The summed E-state index contributed by atoms with van der Waals surface area (Å²) in [4.78, 5) is 30.4. The van der Waals surface area contributed by atoms with E-state index in [0.29, 0.717) is 37.8 Å². The van der Waals surface area contributed by atoms with Crippen LogP contribution in [0.1, 0.15) is 21.6 Å². The van der Waals surface area contributed by atoms with Crippen LogP contribution in [0.2, 0.25) is 0 Å². The fraction of sp³-hybridized carbons (Fsp3) is 0.318. The second-order valence-electron chi connectivity index (χ2n) is 7.82. The van der Waals surface area contributed by atoms with Gasteiger partial charge < -0.3 is 9.88 Å². The van der Waals surface area contributed by atoms with E-state index in [9.17, 15) is 28.1 Å². The van der Waals surface area contributed by atoms with Crippen LogP contribution in [0.15, 0.2) is 42.5 Å². The molecule has 7 nitrogen and oxygen atoms in total. The molecule has 0 amide bonds. The maximum absolute atomic E-state index is 13.0. The molecule has 2 heterocycles. The van der Waals surface area contributed by atoms with Crippen LogP contribution in [0.25, 0.3) is 10.9 Å². The van der Waals surface area contributed by atoms with Crippen LogP contribution in [0, 0.1) is 17.0 Å².